The molecule has 6 nitrogen and oxygen atoms in total. The zero-order valence-corrected chi connectivity index (χ0v) is 11.5. The molecule has 1 aromatic carbocycles. The SMILES string of the molecule is C=CCN1C(=O)N=C(N)C1c1cc(OC)ccc1OC. The van der Waals surface area contributed by atoms with Gasteiger partial charge in [0.2, 0.25) is 0 Å². The number of aliphatic imine (C=N–C) groups is 1. The van der Waals surface area contributed by atoms with E-state index in [1.807, 2.05) is 0 Å². The van der Waals surface area contributed by atoms with Gasteiger partial charge in [-0.25, -0.2) is 4.79 Å². The minimum Gasteiger partial charge on any atom is -0.497 e. The van der Waals surface area contributed by atoms with E-state index in [4.69, 9.17) is 15.2 Å². The zero-order valence-electron chi connectivity index (χ0n) is 11.5. The Morgan fingerprint density at radius 3 is 2.80 bits per heavy atom. The molecule has 0 radical (unpaired) electrons. The summed E-state index contributed by atoms with van der Waals surface area (Å²) < 4.78 is 10.5. The maximum Gasteiger partial charge on any atom is 0.346 e. The number of urea groups is 1. The Labute approximate surface area is 117 Å². The van der Waals surface area contributed by atoms with E-state index in [-0.39, 0.29) is 11.9 Å². The molecule has 2 N–H and O–H groups in total. The molecule has 20 heavy (non-hydrogen) atoms. The van der Waals surface area contributed by atoms with Gasteiger partial charge >= 0.3 is 6.03 Å². The second-order valence-electron chi connectivity index (χ2n) is 4.27. The molecule has 1 unspecified atom stereocenters. The van der Waals surface area contributed by atoms with Crippen LogP contribution in [0.2, 0.25) is 0 Å². The summed E-state index contributed by atoms with van der Waals surface area (Å²) in [4.78, 5) is 17.2. The minimum atomic E-state index is -0.467. The number of methoxy groups -OCH3 is 2. The molecular formula is C14H17N3O3. The van der Waals surface area contributed by atoms with E-state index in [1.165, 1.54) is 4.90 Å². The van der Waals surface area contributed by atoms with E-state index < -0.39 is 6.04 Å². The molecule has 1 atom stereocenters. The molecule has 0 aliphatic carbocycles. The molecule has 6 heteroatoms. The molecule has 106 valence electrons. The van der Waals surface area contributed by atoms with Crippen molar-refractivity contribution >= 4 is 11.9 Å². The molecule has 2 amide bonds. The van der Waals surface area contributed by atoms with Crippen LogP contribution in [0.4, 0.5) is 4.79 Å². The molecule has 0 saturated carbocycles. The van der Waals surface area contributed by atoms with Crippen molar-refractivity contribution in [2.24, 2.45) is 10.7 Å². The summed E-state index contributed by atoms with van der Waals surface area (Å²) >= 11 is 0. The van der Waals surface area contributed by atoms with Gasteiger partial charge in [0, 0.05) is 12.1 Å². The number of amidine groups is 1. The zero-order chi connectivity index (χ0) is 14.7. The Kier molecular flexibility index (Phi) is 3.93. The number of hydrogen-bond donors (Lipinski definition) is 1. The van der Waals surface area contributed by atoms with Crippen LogP contribution in [0, 0.1) is 0 Å². The van der Waals surface area contributed by atoms with E-state index in [9.17, 15) is 4.79 Å². The summed E-state index contributed by atoms with van der Waals surface area (Å²) in [5.74, 6) is 1.52. The van der Waals surface area contributed by atoms with Crippen molar-refractivity contribution in [1.82, 2.24) is 4.90 Å². The first-order valence-corrected chi connectivity index (χ1v) is 6.09. The second-order valence-corrected chi connectivity index (χ2v) is 4.27. The highest BCUT2D eigenvalue weighted by Gasteiger charge is 2.35. The first-order chi connectivity index (χ1) is 9.62. The quantitative estimate of drug-likeness (QED) is 0.830. The molecule has 1 heterocycles. The number of hydrogen-bond acceptors (Lipinski definition) is 4. The Balaban J connectivity index is 2.49. The standard InChI is InChI=1S/C14H17N3O3/c1-4-7-17-12(13(15)16-14(17)18)10-8-9(19-2)5-6-11(10)20-3/h4-6,8,12H,1,7H2,2-3H3,(H2,15,16,18). The lowest BCUT2D eigenvalue weighted by Crippen LogP contribution is -2.33. The van der Waals surface area contributed by atoms with Crippen LogP contribution < -0.4 is 15.2 Å². The normalized spacial score (nSPS) is 17.9. The van der Waals surface area contributed by atoms with Crippen molar-refractivity contribution in [2.45, 2.75) is 6.04 Å². The Morgan fingerprint density at radius 2 is 2.20 bits per heavy atom. The molecule has 2 rings (SSSR count). The van der Waals surface area contributed by atoms with E-state index >= 15 is 0 Å². The average molecular weight is 275 g/mol. The fourth-order valence-corrected chi connectivity index (χ4v) is 2.21. The fraction of sp³-hybridized carbons (Fsp3) is 0.286. The topological polar surface area (TPSA) is 77.2 Å². The summed E-state index contributed by atoms with van der Waals surface area (Å²) in [6.07, 6.45) is 1.63. The summed E-state index contributed by atoms with van der Waals surface area (Å²) in [7, 11) is 3.14. The molecule has 0 saturated heterocycles. The van der Waals surface area contributed by atoms with E-state index in [0.29, 0.717) is 18.0 Å². The van der Waals surface area contributed by atoms with Crippen LogP contribution in [0.15, 0.2) is 35.8 Å². The highest BCUT2D eigenvalue weighted by atomic mass is 16.5. The van der Waals surface area contributed by atoms with Gasteiger partial charge in [0.15, 0.2) is 0 Å². The number of amides is 2. The van der Waals surface area contributed by atoms with Crippen molar-refractivity contribution in [3.63, 3.8) is 0 Å². The third kappa shape index (κ3) is 2.32. The van der Waals surface area contributed by atoms with Crippen LogP contribution in [0.25, 0.3) is 0 Å². The van der Waals surface area contributed by atoms with Gasteiger partial charge in [-0.1, -0.05) is 6.08 Å². The monoisotopic (exact) mass is 275 g/mol. The van der Waals surface area contributed by atoms with Crippen LogP contribution in [-0.4, -0.2) is 37.5 Å². The highest BCUT2D eigenvalue weighted by molar-refractivity contribution is 6.03. The van der Waals surface area contributed by atoms with Gasteiger partial charge in [-0.05, 0) is 18.2 Å². The number of benzene rings is 1. The summed E-state index contributed by atoms with van der Waals surface area (Å²) in [5.41, 5.74) is 6.63. The molecular weight excluding hydrogens is 258 g/mol. The molecule has 1 aromatic rings. The number of carbonyl (C=O) groups excluding carboxylic acids is 1. The van der Waals surface area contributed by atoms with E-state index in [0.717, 1.165) is 5.56 Å². The first-order valence-electron chi connectivity index (χ1n) is 6.09. The summed E-state index contributed by atoms with van der Waals surface area (Å²) in [6.45, 7) is 4.00. The second kappa shape index (κ2) is 5.64. The predicted molar refractivity (Wildman–Crippen MR) is 76.2 cm³/mol. The number of nitrogens with two attached hydrogens (primary N) is 1. The van der Waals surface area contributed by atoms with Crippen LogP contribution in [0.5, 0.6) is 11.5 Å². The number of rotatable bonds is 5. The van der Waals surface area contributed by atoms with Gasteiger partial charge in [-0.2, -0.15) is 4.99 Å². The lowest BCUT2D eigenvalue weighted by atomic mass is 10.0. The molecule has 0 bridgehead atoms. The van der Waals surface area contributed by atoms with Crippen LogP contribution in [-0.2, 0) is 0 Å². The van der Waals surface area contributed by atoms with Crippen molar-refractivity contribution in [2.75, 3.05) is 20.8 Å². The van der Waals surface area contributed by atoms with Crippen LogP contribution in [0.3, 0.4) is 0 Å². The summed E-state index contributed by atoms with van der Waals surface area (Å²) in [6, 6.07) is 4.50. The van der Waals surface area contributed by atoms with Crippen LogP contribution in [0.1, 0.15) is 11.6 Å². The Bertz CT molecular complexity index is 569. The van der Waals surface area contributed by atoms with E-state index in [1.54, 1.807) is 38.5 Å². The van der Waals surface area contributed by atoms with Crippen molar-refractivity contribution in [1.29, 1.82) is 0 Å². The van der Waals surface area contributed by atoms with Gasteiger partial charge in [-0.15, -0.1) is 6.58 Å². The smallest absolute Gasteiger partial charge is 0.346 e. The lowest BCUT2D eigenvalue weighted by molar-refractivity contribution is 0.212. The predicted octanol–water partition coefficient (Wildman–Crippen LogP) is 1.72. The number of carbonyl (C=O) groups is 1. The van der Waals surface area contributed by atoms with Gasteiger partial charge in [0.05, 0.1) is 14.2 Å². The van der Waals surface area contributed by atoms with Gasteiger partial charge in [0.25, 0.3) is 0 Å². The minimum absolute atomic E-state index is 0.239. The van der Waals surface area contributed by atoms with Gasteiger partial charge in [-0.3, -0.25) is 0 Å². The number of nitrogens with zero attached hydrogens (tertiary/aromatic N) is 2. The Morgan fingerprint density at radius 1 is 1.45 bits per heavy atom. The van der Waals surface area contributed by atoms with Crippen molar-refractivity contribution in [3.8, 4) is 11.5 Å². The summed E-state index contributed by atoms with van der Waals surface area (Å²) in [5, 5.41) is 0. The third-order valence-electron chi connectivity index (χ3n) is 3.12. The molecule has 0 aromatic heterocycles. The largest absolute Gasteiger partial charge is 0.497 e. The molecule has 1 aliphatic heterocycles. The van der Waals surface area contributed by atoms with Gasteiger partial charge in [0.1, 0.15) is 23.4 Å². The molecule has 0 spiro atoms. The fourth-order valence-electron chi connectivity index (χ4n) is 2.21. The third-order valence-corrected chi connectivity index (χ3v) is 3.12. The van der Waals surface area contributed by atoms with Crippen LogP contribution >= 0.6 is 0 Å². The average Bonchev–Trinajstić information content (AvgIpc) is 2.73. The first kappa shape index (κ1) is 13.9. The van der Waals surface area contributed by atoms with Crippen molar-refractivity contribution < 1.29 is 14.3 Å². The lowest BCUT2D eigenvalue weighted by Gasteiger charge is -2.25. The maximum absolute atomic E-state index is 11.9. The molecule has 0 fully saturated rings. The van der Waals surface area contributed by atoms with Gasteiger partial charge < -0.3 is 20.1 Å². The van der Waals surface area contributed by atoms with Crippen molar-refractivity contribution in [3.05, 3.63) is 36.4 Å². The Hall–Kier alpha value is -2.50. The molecule has 1 aliphatic rings. The maximum atomic E-state index is 11.9. The number of ether oxygens (including phenoxy) is 2. The van der Waals surface area contributed by atoms with E-state index in [2.05, 4.69) is 11.6 Å². The highest BCUT2D eigenvalue weighted by Crippen LogP contribution is 2.35.